The van der Waals surface area contributed by atoms with Crippen molar-refractivity contribution in [3.8, 4) is 0 Å². The second kappa shape index (κ2) is 5.89. The van der Waals surface area contributed by atoms with Crippen LogP contribution in [0.25, 0.3) is 0 Å². The van der Waals surface area contributed by atoms with Crippen molar-refractivity contribution in [2.75, 3.05) is 0 Å². The van der Waals surface area contributed by atoms with E-state index in [-0.39, 0.29) is 0 Å². The Labute approximate surface area is 99.4 Å². The van der Waals surface area contributed by atoms with Crippen LogP contribution in [0.2, 0.25) is 0 Å². The molecule has 1 fully saturated rings. The summed E-state index contributed by atoms with van der Waals surface area (Å²) in [6, 6.07) is 11.0. The molecule has 0 atom stereocenters. The van der Waals surface area contributed by atoms with Gasteiger partial charge in [-0.25, -0.2) is 0 Å². The quantitative estimate of drug-likeness (QED) is 0.626. The van der Waals surface area contributed by atoms with Gasteiger partial charge in [0.1, 0.15) is 0 Å². The first-order valence-electron chi connectivity index (χ1n) is 6.61. The maximum Gasteiger partial charge on any atom is -0.0162 e. The Hall–Kier alpha value is -1.04. The third-order valence-electron chi connectivity index (χ3n) is 3.69. The highest BCUT2D eigenvalue weighted by Crippen LogP contribution is 2.36. The smallest absolute Gasteiger partial charge is 0.0162 e. The molecule has 0 nitrogen and oxygen atoms in total. The summed E-state index contributed by atoms with van der Waals surface area (Å²) in [4.78, 5) is 0. The van der Waals surface area contributed by atoms with Crippen molar-refractivity contribution in [2.24, 2.45) is 5.92 Å². The molecule has 0 amide bonds. The largest absolute Gasteiger partial charge is 0.0885 e. The number of allylic oxidation sites excluding steroid dienone is 2. The van der Waals surface area contributed by atoms with Crippen molar-refractivity contribution >= 4 is 0 Å². The SMILES string of the molecule is CCC=CC1CCC(c2ccccc2)CC1. The first-order valence-corrected chi connectivity index (χ1v) is 6.61. The van der Waals surface area contributed by atoms with Gasteiger partial charge in [-0.15, -0.1) is 0 Å². The van der Waals surface area contributed by atoms with Crippen LogP contribution in [-0.2, 0) is 0 Å². The third-order valence-corrected chi connectivity index (χ3v) is 3.69. The maximum absolute atomic E-state index is 2.43. The fourth-order valence-electron chi connectivity index (χ4n) is 2.70. The molecule has 1 aromatic carbocycles. The molecule has 1 saturated carbocycles. The van der Waals surface area contributed by atoms with Gasteiger partial charge in [0.25, 0.3) is 0 Å². The standard InChI is InChI=1S/C16H22/c1-2-3-7-14-10-12-16(13-11-14)15-8-5-4-6-9-15/h3-9,14,16H,2,10-13H2,1H3. The van der Waals surface area contributed by atoms with Crippen molar-refractivity contribution < 1.29 is 0 Å². The molecule has 86 valence electrons. The lowest BCUT2D eigenvalue weighted by molar-refractivity contribution is 0.375. The number of rotatable bonds is 3. The first-order chi connectivity index (χ1) is 7.90. The molecule has 0 saturated heterocycles. The van der Waals surface area contributed by atoms with Gasteiger partial charge in [0, 0.05) is 0 Å². The Bertz CT molecular complexity index is 315. The highest BCUT2D eigenvalue weighted by molar-refractivity contribution is 5.20. The molecule has 0 spiro atoms. The van der Waals surface area contributed by atoms with E-state index in [1.165, 1.54) is 32.1 Å². The predicted molar refractivity (Wildman–Crippen MR) is 70.6 cm³/mol. The summed E-state index contributed by atoms with van der Waals surface area (Å²) >= 11 is 0. The molecule has 16 heavy (non-hydrogen) atoms. The summed E-state index contributed by atoms with van der Waals surface area (Å²) in [7, 11) is 0. The first kappa shape index (κ1) is 11.4. The Morgan fingerprint density at radius 2 is 1.75 bits per heavy atom. The van der Waals surface area contributed by atoms with Crippen molar-refractivity contribution in [1.29, 1.82) is 0 Å². The zero-order chi connectivity index (χ0) is 11.2. The van der Waals surface area contributed by atoms with E-state index in [4.69, 9.17) is 0 Å². The molecule has 0 heterocycles. The van der Waals surface area contributed by atoms with Crippen LogP contribution >= 0.6 is 0 Å². The lowest BCUT2D eigenvalue weighted by Crippen LogP contribution is -2.11. The molecule has 1 aromatic rings. The molecule has 0 heteroatoms. The monoisotopic (exact) mass is 214 g/mol. The fourth-order valence-corrected chi connectivity index (χ4v) is 2.70. The maximum atomic E-state index is 2.43. The zero-order valence-corrected chi connectivity index (χ0v) is 10.2. The van der Waals surface area contributed by atoms with E-state index in [9.17, 15) is 0 Å². The van der Waals surface area contributed by atoms with Crippen molar-refractivity contribution in [3.05, 3.63) is 48.0 Å². The topological polar surface area (TPSA) is 0 Å². The molecule has 0 aromatic heterocycles. The second-order valence-corrected chi connectivity index (χ2v) is 4.86. The average Bonchev–Trinajstić information content (AvgIpc) is 2.38. The molecule has 0 aliphatic heterocycles. The van der Waals surface area contributed by atoms with Crippen molar-refractivity contribution in [1.82, 2.24) is 0 Å². The molecular formula is C16H22. The van der Waals surface area contributed by atoms with Crippen LogP contribution in [0.5, 0.6) is 0 Å². The lowest BCUT2D eigenvalue weighted by atomic mass is 9.78. The Kier molecular flexibility index (Phi) is 4.21. The molecular weight excluding hydrogens is 192 g/mol. The van der Waals surface area contributed by atoms with Gasteiger partial charge >= 0.3 is 0 Å². The molecule has 0 N–H and O–H groups in total. The second-order valence-electron chi connectivity index (χ2n) is 4.86. The van der Waals surface area contributed by atoms with Gasteiger partial charge in [0.2, 0.25) is 0 Å². The van der Waals surface area contributed by atoms with Crippen molar-refractivity contribution in [2.45, 2.75) is 44.9 Å². The highest BCUT2D eigenvalue weighted by atomic mass is 14.2. The summed E-state index contributed by atoms with van der Waals surface area (Å²) in [6.07, 6.45) is 11.4. The van der Waals surface area contributed by atoms with Gasteiger partial charge in [-0.05, 0) is 49.5 Å². The van der Waals surface area contributed by atoms with Crippen LogP contribution in [-0.4, -0.2) is 0 Å². The van der Waals surface area contributed by atoms with E-state index in [1.807, 2.05) is 0 Å². The number of hydrogen-bond donors (Lipinski definition) is 0. The summed E-state index contributed by atoms with van der Waals surface area (Å²) in [5.74, 6) is 1.66. The van der Waals surface area contributed by atoms with Gasteiger partial charge in [-0.2, -0.15) is 0 Å². The van der Waals surface area contributed by atoms with Crippen LogP contribution in [0.3, 0.4) is 0 Å². The van der Waals surface area contributed by atoms with Crippen LogP contribution in [0.4, 0.5) is 0 Å². The van der Waals surface area contributed by atoms with Gasteiger partial charge in [-0.1, -0.05) is 49.4 Å². The summed E-state index contributed by atoms with van der Waals surface area (Å²) in [5, 5.41) is 0. The Balaban J connectivity index is 1.88. The van der Waals surface area contributed by atoms with Crippen molar-refractivity contribution in [3.63, 3.8) is 0 Å². The summed E-state index contributed by atoms with van der Waals surface area (Å²) in [6.45, 7) is 2.21. The Morgan fingerprint density at radius 3 is 2.38 bits per heavy atom. The molecule has 0 bridgehead atoms. The molecule has 1 aliphatic rings. The number of benzene rings is 1. The summed E-state index contributed by atoms with van der Waals surface area (Å²) < 4.78 is 0. The van der Waals surface area contributed by atoms with E-state index in [0.29, 0.717) is 0 Å². The van der Waals surface area contributed by atoms with Gasteiger partial charge in [-0.3, -0.25) is 0 Å². The van der Waals surface area contributed by atoms with Gasteiger partial charge in [0.15, 0.2) is 0 Å². The third kappa shape index (κ3) is 2.98. The van der Waals surface area contributed by atoms with Crippen LogP contribution in [0.1, 0.15) is 50.5 Å². The Morgan fingerprint density at radius 1 is 1.06 bits per heavy atom. The van der Waals surface area contributed by atoms with Gasteiger partial charge in [0.05, 0.1) is 0 Å². The zero-order valence-electron chi connectivity index (χ0n) is 10.2. The van der Waals surface area contributed by atoms with E-state index in [0.717, 1.165) is 11.8 Å². The van der Waals surface area contributed by atoms with E-state index in [1.54, 1.807) is 5.56 Å². The van der Waals surface area contributed by atoms with Gasteiger partial charge < -0.3 is 0 Å². The van der Waals surface area contributed by atoms with Crippen LogP contribution < -0.4 is 0 Å². The minimum Gasteiger partial charge on any atom is -0.0885 e. The van der Waals surface area contributed by atoms with Crippen LogP contribution in [0, 0.1) is 5.92 Å². The normalized spacial score (nSPS) is 26.1. The average molecular weight is 214 g/mol. The predicted octanol–water partition coefficient (Wildman–Crippen LogP) is 4.93. The molecule has 0 unspecified atom stereocenters. The van der Waals surface area contributed by atoms with Crippen LogP contribution in [0.15, 0.2) is 42.5 Å². The molecule has 0 radical (unpaired) electrons. The minimum absolute atomic E-state index is 0.812. The molecule has 1 aliphatic carbocycles. The molecule has 2 rings (SSSR count). The summed E-state index contributed by atoms with van der Waals surface area (Å²) in [5.41, 5.74) is 1.54. The van der Waals surface area contributed by atoms with E-state index < -0.39 is 0 Å². The minimum atomic E-state index is 0.812. The van der Waals surface area contributed by atoms with E-state index >= 15 is 0 Å². The number of hydrogen-bond acceptors (Lipinski definition) is 0. The van der Waals surface area contributed by atoms with E-state index in [2.05, 4.69) is 49.4 Å². The fraction of sp³-hybridized carbons (Fsp3) is 0.500. The lowest BCUT2D eigenvalue weighted by Gasteiger charge is -2.27. The highest BCUT2D eigenvalue weighted by Gasteiger charge is 2.20.